The molecule has 0 bridgehead atoms. The van der Waals surface area contributed by atoms with Gasteiger partial charge in [0.25, 0.3) is 0 Å². The van der Waals surface area contributed by atoms with Crippen LogP contribution in [0.2, 0.25) is 0 Å². The highest BCUT2D eigenvalue weighted by Gasteiger charge is 2.02. The summed E-state index contributed by atoms with van der Waals surface area (Å²) < 4.78 is 20.0. The van der Waals surface area contributed by atoms with Crippen LogP contribution in [0.15, 0.2) is 30.7 Å². The molecule has 4 nitrogen and oxygen atoms in total. The van der Waals surface area contributed by atoms with E-state index >= 15 is 0 Å². The highest BCUT2D eigenvalue weighted by molar-refractivity contribution is 5.25. The van der Waals surface area contributed by atoms with Crippen LogP contribution in [0.1, 0.15) is 13.3 Å². The Morgan fingerprint density at radius 2 is 2.31 bits per heavy atom. The fraction of sp³-hybridized carbons (Fsp3) is 0.273. The topological polar surface area (TPSA) is 39.9 Å². The first-order valence-corrected chi connectivity index (χ1v) is 5.10. The molecule has 0 atom stereocenters. The number of pyridine rings is 1. The van der Waals surface area contributed by atoms with Gasteiger partial charge in [0.05, 0.1) is 12.4 Å². The average Bonchev–Trinajstić information content (AvgIpc) is 2.66. The third-order valence-electron chi connectivity index (χ3n) is 2.00. The second-order valence-corrected chi connectivity index (χ2v) is 3.36. The van der Waals surface area contributed by atoms with Crippen LogP contribution in [-0.4, -0.2) is 14.8 Å². The van der Waals surface area contributed by atoms with Crippen LogP contribution in [0.25, 0.3) is 0 Å². The minimum atomic E-state index is -0.557. The largest absolute Gasteiger partial charge is 0.454 e. The highest BCUT2D eigenvalue weighted by Crippen LogP contribution is 2.20. The molecule has 0 spiro atoms. The first-order chi connectivity index (χ1) is 7.78. The van der Waals surface area contributed by atoms with E-state index in [2.05, 4.69) is 17.0 Å². The van der Waals surface area contributed by atoms with Gasteiger partial charge in [0.2, 0.25) is 5.95 Å². The number of nitrogens with zero attached hydrogens (tertiary/aromatic N) is 3. The Morgan fingerprint density at radius 1 is 1.44 bits per heavy atom. The van der Waals surface area contributed by atoms with Gasteiger partial charge in [-0.05, 0) is 12.5 Å². The molecule has 0 radical (unpaired) electrons. The number of rotatable bonds is 4. The Labute approximate surface area is 92.7 Å². The molecule has 2 rings (SSSR count). The first-order valence-electron chi connectivity index (χ1n) is 5.10. The normalized spacial score (nSPS) is 10.4. The number of halogens is 1. The molecule has 0 unspecified atom stereocenters. The molecule has 2 heterocycles. The number of aromatic nitrogens is 3. The van der Waals surface area contributed by atoms with Gasteiger partial charge >= 0.3 is 0 Å². The second kappa shape index (κ2) is 4.74. The van der Waals surface area contributed by atoms with Gasteiger partial charge < -0.3 is 4.74 Å². The van der Waals surface area contributed by atoms with Gasteiger partial charge in [0.1, 0.15) is 5.75 Å². The van der Waals surface area contributed by atoms with Gasteiger partial charge in [-0.15, -0.1) is 0 Å². The summed E-state index contributed by atoms with van der Waals surface area (Å²) >= 11 is 0. The summed E-state index contributed by atoms with van der Waals surface area (Å²) in [4.78, 5) is 3.45. The zero-order valence-electron chi connectivity index (χ0n) is 8.93. The molecule has 0 aromatic carbocycles. The lowest BCUT2D eigenvalue weighted by atomic mass is 10.4. The quantitative estimate of drug-likeness (QED) is 0.745. The van der Waals surface area contributed by atoms with E-state index < -0.39 is 5.95 Å². The lowest BCUT2D eigenvalue weighted by Gasteiger charge is -2.01. The minimum Gasteiger partial charge on any atom is -0.454 e. The van der Waals surface area contributed by atoms with Crippen molar-refractivity contribution in [1.82, 2.24) is 14.8 Å². The molecule has 0 aliphatic heterocycles. The summed E-state index contributed by atoms with van der Waals surface area (Å²) in [6.45, 7) is 2.91. The second-order valence-electron chi connectivity index (χ2n) is 3.36. The lowest BCUT2D eigenvalue weighted by molar-refractivity contribution is 0.470. The maximum absolute atomic E-state index is 12.8. The fourth-order valence-corrected chi connectivity index (χ4v) is 1.33. The lowest BCUT2D eigenvalue weighted by Crippen LogP contribution is -1.95. The molecule has 2 aromatic rings. The Kier molecular flexibility index (Phi) is 3.14. The van der Waals surface area contributed by atoms with Gasteiger partial charge in [-0.1, -0.05) is 6.92 Å². The van der Waals surface area contributed by atoms with Crippen molar-refractivity contribution in [3.8, 4) is 11.5 Å². The molecule has 0 amide bonds. The Hall–Kier alpha value is -1.91. The van der Waals surface area contributed by atoms with Crippen molar-refractivity contribution in [2.45, 2.75) is 19.9 Å². The number of aryl methyl sites for hydroxylation is 1. The van der Waals surface area contributed by atoms with Crippen LogP contribution in [-0.2, 0) is 6.54 Å². The van der Waals surface area contributed by atoms with Gasteiger partial charge in [0.15, 0.2) is 5.75 Å². The predicted molar refractivity (Wildman–Crippen MR) is 56.8 cm³/mol. The molecule has 2 aromatic heterocycles. The Bertz CT molecular complexity index is 470. The molecule has 5 heteroatoms. The summed E-state index contributed by atoms with van der Waals surface area (Å²) in [6.07, 6.45) is 5.75. The van der Waals surface area contributed by atoms with Gasteiger partial charge in [0, 0.05) is 18.8 Å². The van der Waals surface area contributed by atoms with E-state index in [9.17, 15) is 4.39 Å². The van der Waals surface area contributed by atoms with Crippen LogP contribution in [0, 0.1) is 5.95 Å². The van der Waals surface area contributed by atoms with Crippen molar-refractivity contribution < 1.29 is 9.13 Å². The molecule has 0 aliphatic carbocycles. The monoisotopic (exact) mass is 221 g/mol. The highest BCUT2D eigenvalue weighted by atomic mass is 19.1. The zero-order chi connectivity index (χ0) is 11.4. The third kappa shape index (κ3) is 2.56. The summed E-state index contributed by atoms with van der Waals surface area (Å²) in [6, 6.07) is 2.83. The maximum atomic E-state index is 12.8. The maximum Gasteiger partial charge on any atom is 0.216 e. The molecule has 84 valence electrons. The van der Waals surface area contributed by atoms with Crippen LogP contribution in [0.5, 0.6) is 11.5 Å². The summed E-state index contributed by atoms with van der Waals surface area (Å²) in [5, 5.41) is 4.11. The van der Waals surface area contributed by atoms with Crippen molar-refractivity contribution in [2.75, 3.05) is 0 Å². The van der Waals surface area contributed by atoms with E-state index in [4.69, 9.17) is 4.74 Å². The minimum absolute atomic E-state index is 0.420. The molecular weight excluding hydrogens is 209 g/mol. The summed E-state index contributed by atoms with van der Waals surface area (Å²) in [5.41, 5.74) is 0. The van der Waals surface area contributed by atoms with Crippen molar-refractivity contribution >= 4 is 0 Å². The molecule has 0 saturated carbocycles. The predicted octanol–water partition coefficient (Wildman–Crippen LogP) is 2.62. The van der Waals surface area contributed by atoms with E-state index in [1.54, 1.807) is 23.1 Å². The molecule has 16 heavy (non-hydrogen) atoms. The van der Waals surface area contributed by atoms with Crippen LogP contribution in [0.3, 0.4) is 0 Å². The third-order valence-corrected chi connectivity index (χ3v) is 2.00. The molecular formula is C11H12FN3O. The number of hydrogen-bond acceptors (Lipinski definition) is 3. The van der Waals surface area contributed by atoms with E-state index in [1.165, 1.54) is 12.3 Å². The zero-order valence-corrected chi connectivity index (χ0v) is 8.93. The van der Waals surface area contributed by atoms with E-state index in [0.29, 0.717) is 11.5 Å². The Balaban J connectivity index is 2.08. The van der Waals surface area contributed by atoms with E-state index in [1.807, 2.05) is 0 Å². The van der Waals surface area contributed by atoms with Gasteiger partial charge in [-0.25, -0.2) is 4.98 Å². The molecule has 0 saturated heterocycles. The first kappa shape index (κ1) is 10.6. The van der Waals surface area contributed by atoms with E-state index in [-0.39, 0.29) is 0 Å². The van der Waals surface area contributed by atoms with Crippen molar-refractivity contribution in [3.63, 3.8) is 0 Å². The van der Waals surface area contributed by atoms with Crippen molar-refractivity contribution in [3.05, 3.63) is 36.7 Å². The van der Waals surface area contributed by atoms with E-state index in [0.717, 1.165) is 13.0 Å². The van der Waals surface area contributed by atoms with Gasteiger partial charge in [-0.3, -0.25) is 4.68 Å². The van der Waals surface area contributed by atoms with Crippen LogP contribution >= 0.6 is 0 Å². The average molecular weight is 221 g/mol. The summed E-state index contributed by atoms with van der Waals surface area (Å²) in [5.74, 6) is 0.459. The molecule has 0 fully saturated rings. The van der Waals surface area contributed by atoms with Gasteiger partial charge in [-0.2, -0.15) is 9.49 Å². The number of hydrogen-bond donors (Lipinski definition) is 0. The standard InChI is InChI=1S/C11H12FN3O/c1-2-5-15-8-10(7-14-15)16-9-3-4-13-11(12)6-9/h3-4,6-8H,2,5H2,1H3. The molecule has 0 N–H and O–H groups in total. The fourth-order valence-electron chi connectivity index (χ4n) is 1.33. The summed E-state index contributed by atoms with van der Waals surface area (Å²) in [7, 11) is 0. The smallest absolute Gasteiger partial charge is 0.216 e. The van der Waals surface area contributed by atoms with Crippen LogP contribution in [0.4, 0.5) is 4.39 Å². The number of ether oxygens (including phenoxy) is 1. The Morgan fingerprint density at radius 3 is 3.06 bits per heavy atom. The molecule has 0 aliphatic rings. The SMILES string of the molecule is CCCn1cc(Oc2ccnc(F)c2)cn1. The van der Waals surface area contributed by atoms with Crippen molar-refractivity contribution in [1.29, 1.82) is 0 Å². The van der Waals surface area contributed by atoms with Crippen LogP contribution < -0.4 is 4.74 Å². The van der Waals surface area contributed by atoms with Crippen molar-refractivity contribution in [2.24, 2.45) is 0 Å².